The fraction of sp³-hybridized carbons (Fsp3) is 1.00. The number of rotatable bonds is 18. The molecular weight excluding hydrogens is 309 g/mol. The smallest absolute Gasteiger partial charge is 0.328 e. The summed E-state index contributed by atoms with van der Waals surface area (Å²) in [6.45, 7) is 2.27. The van der Waals surface area contributed by atoms with Crippen LogP contribution < -0.4 is 5.73 Å². The molecule has 0 fully saturated rings. The topological polar surface area (TPSA) is 75.7 Å². The van der Waals surface area contributed by atoms with Crippen LogP contribution in [0.5, 0.6) is 0 Å². The van der Waals surface area contributed by atoms with Gasteiger partial charge in [0.1, 0.15) is 6.23 Å². The van der Waals surface area contributed by atoms with Gasteiger partial charge in [-0.1, -0.05) is 96.8 Å². The Balaban J connectivity index is 3.05. The van der Waals surface area contributed by atoms with Crippen LogP contribution in [-0.2, 0) is 4.52 Å². The molecule has 0 aliphatic heterocycles. The third-order valence-electron chi connectivity index (χ3n) is 4.32. The van der Waals surface area contributed by atoms with E-state index in [0.29, 0.717) is 6.42 Å². The third-order valence-corrected chi connectivity index (χ3v) is 4.78. The van der Waals surface area contributed by atoms with Gasteiger partial charge >= 0.3 is 8.60 Å². The Hall–Kier alpha value is 0.270. The minimum Gasteiger partial charge on any atom is -0.328 e. The SMILES string of the molecule is CCCCCCCCCCCCCCCCCC(N)OP(O)O. The van der Waals surface area contributed by atoms with Crippen LogP contribution in [0.3, 0.4) is 0 Å². The maximum absolute atomic E-state index is 8.67. The molecule has 1 atom stereocenters. The van der Waals surface area contributed by atoms with Gasteiger partial charge in [-0.05, 0) is 12.8 Å². The molecule has 0 saturated heterocycles. The van der Waals surface area contributed by atoms with Crippen molar-refractivity contribution in [2.45, 2.75) is 116 Å². The predicted molar refractivity (Wildman–Crippen MR) is 100.0 cm³/mol. The maximum Gasteiger partial charge on any atom is 0.328 e. The summed E-state index contributed by atoms with van der Waals surface area (Å²) in [5, 5.41) is 0. The van der Waals surface area contributed by atoms with Crippen molar-refractivity contribution in [3.05, 3.63) is 0 Å². The summed E-state index contributed by atoms with van der Waals surface area (Å²) in [5.41, 5.74) is 5.60. The van der Waals surface area contributed by atoms with Crippen molar-refractivity contribution in [1.82, 2.24) is 0 Å². The van der Waals surface area contributed by atoms with Gasteiger partial charge in [0, 0.05) is 0 Å². The lowest BCUT2D eigenvalue weighted by molar-refractivity contribution is 0.165. The average Bonchev–Trinajstić information content (AvgIpc) is 2.50. The minimum absolute atomic E-state index is 0.530. The fourth-order valence-electron chi connectivity index (χ4n) is 2.89. The molecule has 0 aliphatic rings. The molecule has 0 amide bonds. The van der Waals surface area contributed by atoms with Crippen molar-refractivity contribution in [3.63, 3.8) is 0 Å². The molecule has 23 heavy (non-hydrogen) atoms. The Labute approximate surface area is 145 Å². The lowest BCUT2D eigenvalue weighted by atomic mass is 10.0. The van der Waals surface area contributed by atoms with Crippen LogP contribution in [0.25, 0.3) is 0 Å². The molecule has 0 aromatic rings. The molecular formula is C18H40NO3P. The first-order valence-electron chi connectivity index (χ1n) is 9.77. The van der Waals surface area contributed by atoms with Gasteiger partial charge in [0.25, 0.3) is 0 Å². The molecule has 0 saturated carbocycles. The summed E-state index contributed by atoms with van der Waals surface area (Å²) in [6.07, 6.45) is 20.3. The third kappa shape index (κ3) is 20.2. The lowest BCUT2D eigenvalue weighted by Crippen LogP contribution is -2.21. The molecule has 1 unspecified atom stereocenters. The van der Waals surface area contributed by atoms with E-state index in [2.05, 4.69) is 6.92 Å². The van der Waals surface area contributed by atoms with E-state index in [1.165, 1.54) is 83.5 Å². The van der Waals surface area contributed by atoms with Crippen LogP contribution in [0.1, 0.15) is 110 Å². The Morgan fingerprint density at radius 2 is 1.04 bits per heavy atom. The standard InChI is InChI=1S/C18H40NO3P/c1-2-3-4-5-6-7-8-9-10-11-12-13-14-15-16-17-18(19)22-23(20)21/h18,20-21H,2-17,19H2,1H3. The van der Waals surface area contributed by atoms with Gasteiger partial charge in [0.2, 0.25) is 0 Å². The van der Waals surface area contributed by atoms with Crippen LogP contribution in [0.15, 0.2) is 0 Å². The Kier molecular flexibility index (Phi) is 18.8. The maximum atomic E-state index is 8.67. The number of nitrogens with two attached hydrogens (primary N) is 1. The first-order valence-corrected chi connectivity index (χ1v) is 10.9. The van der Waals surface area contributed by atoms with Gasteiger partial charge in [-0.15, -0.1) is 0 Å². The van der Waals surface area contributed by atoms with Gasteiger partial charge in [0.15, 0.2) is 0 Å². The average molecular weight is 349 g/mol. The number of hydrogen-bond acceptors (Lipinski definition) is 4. The molecule has 4 nitrogen and oxygen atoms in total. The molecule has 0 bridgehead atoms. The molecule has 0 aromatic carbocycles. The first-order chi connectivity index (χ1) is 11.2. The van der Waals surface area contributed by atoms with Crippen LogP contribution in [0.2, 0.25) is 0 Å². The molecule has 0 aromatic heterocycles. The quantitative estimate of drug-likeness (QED) is 0.167. The Morgan fingerprint density at radius 1 is 0.696 bits per heavy atom. The molecule has 0 rings (SSSR count). The molecule has 5 heteroatoms. The van der Waals surface area contributed by atoms with E-state index in [-0.39, 0.29) is 0 Å². The fourth-order valence-corrected chi connectivity index (χ4v) is 3.24. The van der Waals surface area contributed by atoms with E-state index in [4.69, 9.17) is 20.0 Å². The van der Waals surface area contributed by atoms with Crippen molar-refractivity contribution in [3.8, 4) is 0 Å². The highest BCUT2D eigenvalue weighted by molar-refractivity contribution is 7.39. The van der Waals surface area contributed by atoms with Crippen molar-refractivity contribution in [2.24, 2.45) is 5.73 Å². The molecule has 0 heterocycles. The van der Waals surface area contributed by atoms with Gasteiger partial charge in [-0.25, -0.2) is 0 Å². The van der Waals surface area contributed by atoms with Gasteiger partial charge in [0.05, 0.1) is 0 Å². The summed E-state index contributed by atoms with van der Waals surface area (Å²) >= 11 is 0. The zero-order chi connectivity index (χ0) is 17.2. The van der Waals surface area contributed by atoms with Crippen molar-refractivity contribution >= 4 is 8.60 Å². The van der Waals surface area contributed by atoms with Gasteiger partial charge in [-0.3, -0.25) is 4.52 Å². The van der Waals surface area contributed by atoms with E-state index in [1.54, 1.807) is 0 Å². The largest absolute Gasteiger partial charge is 0.328 e. The molecule has 0 spiro atoms. The zero-order valence-electron chi connectivity index (χ0n) is 15.2. The highest BCUT2D eigenvalue weighted by Crippen LogP contribution is 2.26. The van der Waals surface area contributed by atoms with Crippen molar-refractivity contribution in [1.29, 1.82) is 0 Å². The second-order valence-electron chi connectivity index (χ2n) is 6.64. The molecule has 140 valence electrons. The van der Waals surface area contributed by atoms with Crippen LogP contribution in [0.4, 0.5) is 0 Å². The van der Waals surface area contributed by atoms with Crippen LogP contribution >= 0.6 is 8.60 Å². The predicted octanol–water partition coefficient (Wildman–Crippen LogP) is 5.76. The van der Waals surface area contributed by atoms with Crippen molar-refractivity contribution < 1.29 is 14.3 Å². The zero-order valence-corrected chi connectivity index (χ0v) is 16.1. The summed E-state index contributed by atoms with van der Waals surface area (Å²) in [5.74, 6) is 0. The summed E-state index contributed by atoms with van der Waals surface area (Å²) < 4.78 is 4.72. The molecule has 4 N–H and O–H groups in total. The number of unbranched alkanes of at least 4 members (excludes halogenated alkanes) is 14. The van der Waals surface area contributed by atoms with Crippen LogP contribution in [0, 0.1) is 0 Å². The Bertz CT molecular complexity index is 230. The Morgan fingerprint density at radius 3 is 1.39 bits per heavy atom. The minimum atomic E-state index is -2.31. The number of hydrogen-bond donors (Lipinski definition) is 3. The van der Waals surface area contributed by atoms with E-state index >= 15 is 0 Å². The molecule has 0 radical (unpaired) electrons. The van der Waals surface area contributed by atoms with E-state index < -0.39 is 14.8 Å². The van der Waals surface area contributed by atoms with E-state index in [1.807, 2.05) is 0 Å². The van der Waals surface area contributed by atoms with E-state index in [0.717, 1.165) is 12.8 Å². The second kappa shape index (κ2) is 18.6. The highest BCUT2D eigenvalue weighted by atomic mass is 31.2. The lowest BCUT2D eigenvalue weighted by Gasteiger charge is -2.12. The summed E-state index contributed by atoms with van der Waals surface area (Å²) in [6, 6.07) is 0. The monoisotopic (exact) mass is 349 g/mol. The first kappa shape index (κ1) is 23.3. The second-order valence-corrected chi connectivity index (χ2v) is 7.35. The summed E-state index contributed by atoms with van der Waals surface area (Å²) in [4.78, 5) is 17.3. The molecule has 0 aliphatic carbocycles. The van der Waals surface area contributed by atoms with Gasteiger partial charge < -0.3 is 15.5 Å². The van der Waals surface area contributed by atoms with Crippen LogP contribution in [-0.4, -0.2) is 16.0 Å². The summed E-state index contributed by atoms with van der Waals surface area (Å²) in [7, 11) is -2.31. The van der Waals surface area contributed by atoms with E-state index in [9.17, 15) is 0 Å². The normalized spacial score (nSPS) is 12.9. The van der Waals surface area contributed by atoms with Crippen molar-refractivity contribution in [2.75, 3.05) is 0 Å². The highest BCUT2D eigenvalue weighted by Gasteiger charge is 2.07. The van der Waals surface area contributed by atoms with Gasteiger partial charge in [-0.2, -0.15) is 0 Å².